The van der Waals surface area contributed by atoms with Gasteiger partial charge in [0.25, 0.3) is 5.91 Å². The molecular weight excluding hydrogens is 232 g/mol. The van der Waals surface area contributed by atoms with E-state index in [0.29, 0.717) is 18.8 Å². The van der Waals surface area contributed by atoms with Gasteiger partial charge in [-0.2, -0.15) is 0 Å². The van der Waals surface area contributed by atoms with Crippen LogP contribution >= 0.6 is 0 Å². The van der Waals surface area contributed by atoms with Gasteiger partial charge in [0, 0.05) is 6.20 Å². The lowest BCUT2D eigenvalue weighted by Gasteiger charge is -2.15. The minimum Gasteiger partial charge on any atom is -0.487 e. The molecule has 0 saturated carbocycles. The van der Waals surface area contributed by atoms with Gasteiger partial charge in [-0.3, -0.25) is 4.79 Å². The maximum absolute atomic E-state index is 12.0. The van der Waals surface area contributed by atoms with E-state index in [1.807, 2.05) is 6.92 Å². The summed E-state index contributed by atoms with van der Waals surface area (Å²) in [6, 6.07) is 3.09. The van der Waals surface area contributed by atoms with Gasteiger partial charge in [-0.25, -0.2) is 4.98 Å². The van der Waals surface area contributed by atoms with Crippen LogP contribution in [0.1, 0.15) is 23.8 Å². The molecule has 0 aliphatic carbocycles. The maximum atomic E-state index is 12.0. The highest BCUT2D eigenvalue weighted by molar-refractivity contribution is 5.95. The number of pyridine rings is 1. The molecule has 0 radical (unpaired) electrons. The highest BCUT2D eigenvalue weighted by Gasteiger charge is 2.16. The molecule has 5 nitrogen and oxygen atoms in total. The highest BCUT2D eigenvalue weighted by atomic mass is 16.5. The number of carbonyl (C=O) groups is 1. The van der Waals surface area contributed by atoms with Gasteiger partial charge >= 0.3 is 0 Å². The number of aliphatic hydroxyl groups excluding tert-OH is 1. The average Bonchev–Trinajstić information content (AvgIpc) is 2.42. The Labute approximate surface area is 107 Å². The molecule has 0 aliphatic rings. The van der Waals surface area contributed by atoms with E-state index in [2.05, 4.69) is 16.9 Å². The smallest absolute Gasteiger partial charge is 0.274 e. The molecule has 0 aromatic carbocycles. The van der Waals surface area contributed by atoms with Gasteiger partial charge in [-0.15, -0.1) is 0 Å². The second-order valence-electron chi connectivity index (χ2n) is 3.71. The van der Waals surface area contributed by atoms with Crippen LogP contribution < -0.4 is 10.1 Å². The molecule has 0 bridgehead atoms. The SMILES string of the molecule is C=CCOc1cccnc1C(=O)NC(CC)CO. The summed E-state index contributed by atoms with van der Waals surface area (Å²) in [6.07, 6.45) is 3.77. The van der Waals surface area contributed by atoms with Crippen LogP contribution in [0.4, 0.5) is 0 Å². The molecule has 2 N–H and O–H groups in total. The second kappa shape index (κ2) is 7.45. The zero-order valence-electron chi connectivity index (χ0n) is 10.4. The summed E-state index contributed by atoms with van der Waals surface area (Å²) in [5, 5.41) is 11.7. The Morgan fingerprint density at radius 1 is 1.72 bits per heavy atom. The lowest BCUT2D eigenvalue weighted by molar-refractivity contribution is 0.0906. The fourth-order valence-corrected chi connectivity index (χ4v) is 1.36. The quantitative estimate of drug-likeness (QED) is 0.712. The minimum atomic E-state index is -0.351. The van der Waals surface area contributed by atoms with Crippen molar-refractivity contribution in [2.24, 2.45) is 0 Å². The molecule has 0 fully saturated rings. The Morgan fingerprint density at radius 2 is 2.50 bits per heavy atom. The predicted octanol–water partition coefficient (Wildman–Crippen LogP) is 1.15. The van der Waals surface area contributed by atoms with Crippen molar-refractivity contribution in [2.45, 2.75) is 19.4 Å². The first-order chi connectivity index (χ1) is 8.72. The van der Waals surface area contributed by atoms with E-state index in [4.69, 9.17) is 9.84 Å². The number of hydrogen-bond acceptors (Lipinski definition) is 4. The normalized spacial score (nSPS) is 11.7. The lowest BCUT2D eigenvalue weighted by Crippen LogP contribution is -2.37. The van der Waals surface area contributed by atoms with Crippen LogP contribution in [0.5, 0.6) is 5.75 Å². The van der Waals surface area contributed by atoms with Crippen molar-refractivity contribution in [2.75, 3.05) is 13.2 Å². The van der Waals surface area contributed by atoms with Crippen LogP contribution in [-0.4, -0.2) is 35.3 Å². The molecule has 5 heteroatoms. The molecule has 1 atom stereocenters. The van der Waals surface area contributed by atoms with Crippen LogP contribution in [0.15, 0.2) is 31.0 Å². The van der Waals surface area contributed by atoms with Crippen LogP contribution in [0.3, 0.4) is 0 Å². The fourth-order valence-electron chi connectivity index (χ4n) is 1.36. The molecule has 0 saturated heterocycles. The number of amides is 1. The first kappa shape index (κ1) is 14.2. The molecule has 1 aromatic rings. The van der Waals surface area contributed by atoms with E-state index in [0.717, 1.165) is 0 Å². The fraction of sp³-hybridized carbons (Fsp3) is 0.385. The summed E-state index contributed by atoms with van der Waals surface area (Å²) < 4.78 is 5.35. The van der Waals surface area contributed by atoms with Crippen molar-refractivity contribution in [3.05, 3.63) is 36.7 Å². The number of rotatable bonds is 7. The van der Waals surface area contributed by atoms with E-state index in [1.54, 1.807) is 18.2 Å². The van der Waals surface area contributed by atoms with Gasteiger partial charge < -0.3 is 15.2 Å². The number of nitrogens with one attached hydrogen (secondary N) is 1. The van der Waals surface area contributed by atoms with Crippen LogP contribution in [0, 0.1) is 0 Å². The number of ether oxygens (including phenoxy) is 1. The number of nitrogens with zero attached hydrogens (tertiary/aromatic N) is 1. The molecule has 1 unspecified atom stereocenters. The average molecular weight is 250 g/mol. The standard InChI is InChI=1S/C13H18N2O3/c1-3-8-18-11-6-5-7-14-12(11)13(17)15-10(4-2)9-16/h3,5-7,10,16H,1,4,8-9H2,2H3,(H,15,17). The third-order valence-electron chi connectivity index (χ3n) is 2.39. The third-order valence-corrected chi connectivity index (χ3v) is 2.39. The zero-order chi connectivity index (χ0) is 13.4. The summed E-state index contributed by atoms with van der Waals surface area (Å²) >= 11 is 0. The minimum absolute atomic E-state index is 0.0993. The number of aromatic nitrogens is 1. The number of hydrogen-bond donors (Lipinski definition) is 2. The van der Waals surface area contributed by atoms with E-state index in [1.165, 1.54) is 6.20 Å². The third kappa shape index (κ3) is 3.85. The van der Waals surface area contributed by atoms with Gasteiger partial charge in [-0.05, 0) is 18.6 Å². The molecule has 1 amide bonds. The maximum Gasteiger partial charge on any atom is 0.274 e. The topological polar surface area (TPSA) is 71.5 Å². The molecule has 18 heavy (non-hydrogen) atoms. The van der Waals surface area contributed by atoms with Crippen molar-refractivity contribution < 1.29 is 14.6 Å². The predicted molar refractivity (Wildman–Crippen MR) is 68.6 cm³/mol. The van der Waals surface area contributed by atoms with Crippen molar-refractivity contribution >= 4 is 5.91 Å². The Balaban J connectivity index is 2.80. The van der Waals surface area contributed by atoms with E-state index >= 15 is 0 Å². The highest BCUT2D eigenvalue weighted by Crippen LogP contribution is 2.15. The number of carbonyl (C=O) groups excluding carboxylic acids is 1. The molecule has 0 aliphatic heterocycles. The molecule has 98 valence electrons. The van der Waals surface area contributed by atoms with Crippen molar-refractivity contribution in [3.63, 3.8) is 0 Å². The molecule has 1 heterocycles. The van der Waals surface area contributed by atoms with Gasteiger partial charge in [0.2, 0.25) is 0 Å². The van der Waals surface area contributed by atoms with Crippen LogP contribution in [0.25, 0.3) is 0 Å². The summed E-state index contributed by atoms with van der Waals surface area (Å²) in [5.74, 6) is 0.0539. The van der Waals surface area contributed by atoms with E-state index < -0.39 is 0 Å². The Bertz CT molecular complexity index is 403. The summed E-state index contributed by atoms with van der Waals surface area (Å²) in [7, 11) is 0. The first-order valence-electron chi connectivity index (χ1n) is 5.83. The monoisotopic (exact) mass is 250 g/mol. The van der Waals surface area contributed by atoms with E-state index in [-0.39, 0.29) is 24.2 Å². The largest absolute Gasteiger partial charge is 0.487 e. The van der Waals surface area contributed by atoms with Crippen molar-refractivity contribution in [1.29, 1.82) is 0 Å². The van der Waals surface area contributed by atoms with Gasteiger partial charge in [0.15, 0.2) is 11.4 Å². The van der Waals surface area contributed by atoms with Crippen molar-refractivity contribution in [1.82, 2.24) is 10.3 Å². The Hall–Kier alpha value is -1.88. The van der Waals surface area contributed by atoms with Gasteiger partial charge in [0.05, 0.1) is 12.6 Å². The summed E-state index contributed by atoms with van der Waals surface area (Å²) in [5.41, 5.74) is 0.214. The number of aliphatic hydroxyl groups is 1. The van der Waals surface area contributed by atoms with Gasteiger partial charge in [-0.1, -0.05) is 19.6 Å². The lowest BCUT2D eigenvalue weighted by atomic mass is 10.2. The van der Waals surface area contributed by atoms with E-state index in [9.17, 15) is 4.79 Å². The molecule has 0 spiro atoms. The zero-order valence-corrected chi connectivity index (χ0v) is 10.4. The van der Waals surface area contributed by atoms with Crippen LogP contribution in [-0.2, 0) is 0 Å². The van der Waals surface area contributed by atoms with Crippen LogP contribution in [0.2, 0.25) is 0 Å². The first-order valence-corrected chi connectivity index (χ1v) is 5.83. The summed E-state index contributed by atoms with van der Waals surface area (Å²) in [4.78, 5) is 16.0. The van der Waals surface area contributed by atoms with Crippen molar-refractivity contribution in [3.8, 4) is 5.75 Å². The molecule has 1 rings (SSSR count). The second-order valence-corrected chi connectivity index (χ2v) is 3.71. The Morgan fingerprint density at radius 3 is 3.11 bits per heavy atom. The summed E-state index contributed by atoms with van der Waals surface area (Å²) in [6.45, 7) is 5.64. The molecule has 1 aromatic heterocycles. The molecular formula is C13H18N2O3. The Kier molecular flexibility index (Phi) is 5.87. The van der Waals surface area contributed by atoms with Gasteiger partial charge in [0.1, 0.15) is 6.61 Å².